The number of thiazole rings is 1. The Balaban J connectivity index is 1.90. The minimum atomic E-state index is -0.280. The first-order chi connectivity index (χ1) is 11.4. The topological polar surface area (TPSA) is 74.8 Å². The molecule has 0 aliphatic rings. The van der Waals surface area contributed by atoms with Gasteiger partial charge in [0.25, 0.3) is 5.91 Å². The number of fused-ring (bicyclic) bond motifs is 1. The molecule has 6 heteroatoms. The van der Waals surface area contributed by atoms with Gasteiger partial charge in [-0.3, -0.25) is 14.9 Å². The SMILES string of the molecule is CCc1ccc2nc(NC(=O)c3[nH]c(C)c(C(C)=O)c3C)sc2c1. The summed E-state index contributed by atoms with van der Waals surface area (Å²) in [4.78, 5) is 31.7. The van der Waals surface area contributed by atoms with Crippen molar-refractivity contribution in [3.8, 4) is 0 Å². The summed E-state index contributed by atoms with van der Waals surface area (Å²) in [6.45, 7) is 7.18. The second-order valence-corrected chi connectivity index (χ2v) is 6.84. The van der Waals surface area contributed by atoms with Crippen LogP contribution in [0.2, 0.25) is 0 Å². The maximum atomic E-state index is 12.5. The average Bonchev–Trinajstić information content (AvgIpc) is 3.06. The van der Waals surface area contributed by atoms with Gasteiger partial charge in [0.2, 0.25) is 0 Å². The molecule has 0 bridgehead atoms. The Morgan fingerprint density at radius 2 is 2.04 bits per heavy atom. The molecular weight excluding hydrogens is 322 g/mol. The number of ketones is 1. The van der Waals surface area contributed by atoms with Crippen LogP contribution < -0.4 is 5.32 Å². The van der Waals surface area contributed by atoms with Crippen LogP contribution in [-0.2, 0) is 6.42 Å². The van der Waals surface area contributed by atoms with Gasteiger partial charge in [-0.25, -0.2) is 4.98 Å². The minimum absolute atomic E-state index is 0.0487. The van der Waals surface area contributed by atoms with Gasteiger partial charge < -0.3 is 4.98 Å². The van der Waals surface area contributed by atoms with Crippen molar-refractivity contribution < 1.29 is 9.59 Å². The third-order valence-corrected chi connectivity index (χ3v) is 5.03. The van der Waals surface area contributed by atoms with Crippen molar-refractivity contribution >= 4 is 38.4 Å². The van der Waals surface area contributed by atoms with Gasteiger partial charge in [-0.1, -0.05) is 24.3 Å². The Morgan fingerprint density at radius 3 is 2.67 bits per heavy atom. The lowest BCUT2D eigenvalue weighted by molar-refractivity contribution is 0.101. The Bertz CT molecular complexity index is 953. The van der Waals surface area contributed by atoms with E-state index >= 15 is 0 Å². The molecule has 3 rings (SSSR count). The van der Waals surface area contributed by atoms with Crippen molar-refractivity contribution in [2.75, 3.05) is 5.32 Å². The van der Waals surface area contributed by atoms with Crippen LogP contribution >= 0.6 is 11.3 Å². The molecule has 2 N–H and O–H groups in total. The number of H-pyrrole nitrogens is 1. The molecule has 3 aromatic rings. The third kappa shape index (κ3) is 2.85. The minimum Gasteiger partial charge on any atom is -0.354 e. The maximum absolute atomic E-state index is 12.5. The molecule has 1 amide bonds. The van der Waals surface area contributed by atoms with Crippen LogP contribution in [0.5, 0.6) is 0 Å². The van der Waals surface area contributed by atoms with Crippen LogP contribution in [0.15, 0.2) is 18.2 Å². The smallest absolute Gasteiger partial charge is 0.274 e. The van der Waals surface area contributed by atoms with Crippen molar-refractivity contribution in [1.29, 1.82) is 0 Å². The number of aryl methyl sites for hydroxylation is 2. The number of aromatic nitrogens is 2. The molecule has 0 atom stereocenters. The first kappa shape index (κ1) is 16.4. The van der Waals surface area contributed by atoms with Crippen molar-refractivity contribution in [2.45, 2.75) is 34.1 Å². The van der Waals surface area contributed by atoms with Crippen molar-refractivity contribution in [3.63, 3.8) is 0 Å². The van der Waals surface area contributed by atoms with Gasteiger partial charge in [0, 0.05) is 11.3 Å². The summed E-state index contributed by atoms with van der Waals surface area (Å²) in [5, 5.41) is 3.39. The summed E-state index contributed by atoms with van der Waals surface area (Å²) in [5.74, 6) is -0.328. The van der Waals surface area contributed by atoms with E-state index < -0.39 is 0 Å². The summed E-state index contributed by atoms with van der Waals surface area (Å²) < 4.78 is 1.05. The molecule has 24 heavy (non-hydrogen) atoms. The molecule has 0 aliphatic heterocycles. The van der Waals surface area contributed by atoms with Gasteiger partial charge in [0.1, 0.15) is 5.69 Å². The number of Topliss-reactive ketones (excluding diaryl/α,β-unsaturated/α-hetero) is 1. The molecule has 5 nitrogen and oxygen atoms in total. The van der Waals surface area contributed by atoms with Crippen LogP contribution in [-0.4, -0.2) is 21.7 Å². The predicted octanol–water partition coefficient (Wildman–Crippen LogP) is 4.26. The quantitative estimate of drug-likeness (QED) is 0.696. The average molecular weight is 341 g/mol. The van der Waals surface area contributed by atoms with Crippen LogP contribution in [0, 0.1) is 13.8 Å². The molecule has 0 saturated heterocycles. The van der Waals surface area contributed by atoms with E-state index in [0.717, 1.165) is 16.6 Å². The monoisotopic (exact) mass is 341 g/mol. The molecule has 0 radical (unpaired) electrons. The lowest BCUT2D eigenvalue weighted by Gasteiger charge is -2.01. The number of hydrogen-bond donors (Lipinski definition) is 2. The molecular formula is C18H19N3O2S. The Morgan fingerprint density at radius 1 is 1.29 bits per heavy atom. The Hall–Kier alpha value is -2.47. The van der Waals surface area contributed by atoms with E-state index in [2.05, 4.69) is 28.3 Å². The summed E-state index contributed by atoms with van der Waals surface area (Å²) in [7, 11) is 0. The summed E-state index contributed by atoms with van der Waals surface area (Å²) >= 11 is 1.45. The number of hydrogen-bond acceptors (Lipinski definition) is 4. The second kappa shape index (κ2) is 6.20. The molecule has 1 aromatic carbocycles. The van der Waals surface area contributed by atoms with Crippen LogP contribution in [0.4, 0.5) is 5.13 Å². The van der Waals surface area contributed by atoms with Gasteiger partial charge in [-0.2, -0.15) is 0 Å². The number of rotatable bonds is 4. The molecule has 124 valence electrons. The molecule has 2 heterocycles. The van der Waals surface area contributed by atoms with E-state index in [1.807, 2.05) is 12.1 Å². The molecule has 0 fully saturated rings. The van der Waals surface area contributed by atoms with Crippen LogP contribution in [0.3, 0.4) is 0 Å². The van der Waals surface area contributed by atoms with Gasteiger partial charge >= 0.3 is 0 Å². The lowest BCUT2D eigenvalue weighted by Crippen LogP contribution is -2.13. The van der Waals surface area contributed by atoms with Crippen molar-refractivity contribution in [2.24, 2.45) is 0 Å². The number of amides is 1. The fourth-order valence-corrected chi connectivity index (χ4v) is 3.83. The summed E-state index contributed by atoms with van der Waals surface area (Å²) in [5.41, 5.74) is 4.49. The summed E-state index contributed by atoms with van der Waals surface area (Å²) in [6, 6.07) is 6.12. The zero-order valence-corrected chi connectivity index (χ0v) is 14.9. The highest BCUT2D eigenvalue weighted by Crippen LogP contribution is 2.28. The number of anilines is 1. The standard InChI is InChI=1S/C18H19N3O2S/c1-5-12-6-7-13-14(8-12)24-18(20-13)21-17(23)16-9(2)15(11(4)22)10(3)19-16/h6-8,19H,5H2,1-4H3,(H,20,21,23). The first-order valence-electron chi connectivity index (χ1n) is 7.81. The number of benzene rings is 1. The number of nitrogens with zero attached hydrogens (tertiary/aromatic N) is 1. The molecule has 0 saturated carbocycles. The first-order valence-corrected chi connectivity index (χ1v) is 8.63. The molecule has 0 unspecified atom stereocenters. The van der Waals surface area contributed by atoms with Crippen molar-refractivity contribution in [3.05, 3.63) is 46.3 Å². The highest BCUT2D eigenvalue weighted by Gasteiger charge is 2.20. The van der Waals surface area contributed by atoms with E-state index in [0.29, 0.717) is 27.6 Å². The Kier molecular flexibility index (Phi) is 4.24. The van der Waals surface area contributed by atoms with Gasteiger partial charge in [-0.15, -0.1) is 0 Å². The number of aromatic amines is 1. The van der Waals surface area contributed by atoms with E-state index in [-0.39, 0.29) is 11.7 Å². The molecule has 0 spiro atoms. The Labute approximate surface area is 144 Å². The maximum Gasteiger partial charge on any atom is 0.274 e. The highest BCUT2D eigenvalue weighted by atomic mass is 32.1. The highest BCUT2D eigenvalue weighted by molar-refractivity contribution is 7.22. The van der Waals surface area contributed by atoms with Crippen molar-refractivity contribution in [1.82, 2.24) is 9.97 Å². The normalized spacial score (nSPS) is 11.0. The fourth-order valence-electron chi connectivity index (χ4n) is 2.91. The zero-order valence-electron chi connectivity index (χ0n) is 14.1. The summed E-state index contributed by atoms with van der Waals surface area (Å²) in [6.07, 6.45) is 0.963. The van der Waals surface area contributed by atoms with E-state index in [9.17, 15) is 9.59 Å². The zero-order chi connectivity index (χ0) is 17.4. The number of carbonyl (C=O) groups excluding carboxylic acids is 2. The van der Waals surface area contributed by atoms with Crippen LogP contribution in [0.1, 0.15) is 51.5 Å². The second-order valence-electron chi connectivity index (χ2n) is 5.81. The fraction of sp³-hybridized carbons (Fsp3) is 0.278. The predicted molar refractivity (Wildman–Crippen MR) is 97.2 cm³/mol. The van der Waals surface area contributed by atoms with E-state index in [1.165, 1.54) is 23.8 Å². The van der Waals surface area contributed by atoms with Gasteiger partial charge in [0.15, 0.2) is 10.9 Å². The lowest BCUT2D eigenvalue weighted by atomic mass is 10.1. The van der Waals surface area contributed by atoms with E-state index in [1.54, 1.807) is 13.8 Å². The van der Waals surface area contributed by atoms with Crippen LogP contribution in [0.25, 0.3) is 10.2 Å². The van der Waals surface area contributed by atoms with Gasteiger partial charge in [0.05, 0.1) is 10.2 Å². The molecule has 2 aromatic heterocycles. The van der Waals surface area contributed by atoms with E-state index in [4.69, 9.17) is 0 Å². The largest absolute Gasteiger partial charge is 0.354 e. The number of nitrogens with one attached hydrogen (secondary N) is 2. The molecule has 0 aliphatic carbocycles. The third-order valence-electron chi connectivity index (χ3n) is 4.10. The van der Waals surface area contributed by atoms with Gasteiger partial charge in [-0.05, 0) is 50.5 Å². The number of carbonyl (C=O) groups is 2.